The summed E-state index contributed by atoms with van der Waals surface area (Å²) in [6, 6.07) is 0. The maximum Gasteiger partial charge on any atom is 0.150 e. The molecule has 0 aliphatic carbocycles. The van der Waals surface area contributed by atoms with Crippen molar-refractivity contribution in [1.29, 1.82) is 0 Å². The summed E-state index contributed by atoms with van der Waals surface area (Å²) in [5.41, 5.74) is 0.0655. The third-order valence-corrected chi connectivity index (χ3v) is 5.71. The van der Waals surface area contributed by atoms with Crippen molar-refractivity contribution in [2.24, 2.45) is 11.3 Å². The Bertz CT molecular complexity index is 312. The maximum atomic E-state index is 11.8. The number of nitrogens with one attached hydrogen (secondary N) is 1. The summed E-state index contributed by atoms with van der Waals surface area (Å²) in [4.78, 5) is 0. The molecule has 0 aliphatic rings. The minimum absolute atomic E-state index is 0.0655. The first-order valence-electron chi connectivity index (χ1n) is 7.18. The monoisotopic (exact) mass is 277 g/mol. The molecule has 1 atom stereocenters. The highest BCUT2D eigenvalue weighted by atomic mass is 32.2. The highest BCUT2D eigenvalue weighted by Crippen LogP contribution is 2.30. The molecule has 1 unspecified atom stereocenters. The lowest BCUT2D eigenvalue weighted by atomic mass is 9.77. The normalized spacial score (nSPS) is 15.9. The molecular formula is C14H31NO2S. The Morgan fingerprint density at radius 3 is 2.17 bits per heavy atom. The van der Waals surface area contributed by atoms with Gasteiger partial charge in [-0.05, 0) is 37.1 Å². The van der Waals surface area contributed by atoms with E-state index < -0.39 is 9.84 Å². The Labute approximate surface area is 114 Å². The fourth-order valence-corrected chi connectivity index (χ4v) is 3.54. The summed E-state index contributed by atoms with van der Waals surface area (Å²) in [5.74, 6) is 1.13. The molecule has 110 valence electrons. The first-order chi connectivity index (χ1) is 8.27. The molecule has 0 saturated heterocycles. The average molecular weight is 277 g/mol. The van der Waals surface area contributed by atoms with E-state index in [1.807, 2.05) is 6.92 Å². The summed E-state index contributed by atoms with van der Waals surface area (Å²) < 4.78 is 23.6. The number of rotatable bonds is 10. The molecule has 0 rings (SSSR count). The van der Waals surface area contributed by atoms with Crippen LogP contribution >= 0.6 is 0 Å². The van der Waals surface area contributed by atoms with Crippen LogP contribution in [0.4, 0.5) is 0 Å². The van der Waals surface area contributed by atoms with Gasteiger partial charge in [0.05, 0.1) is 5.75 Å². The van der Waals surface area contributed by atoms with Gasteiger partial charge in [0.25, 0.3) is 0 Å². The van der Waals surface area contributed by atoms with Crippen molar-refractivity contribution in [3.8, 4) is 0 Å². The molecule has 0 spiro atoms. The molecule has 0 heterocycles. The summed E-state index contributed by atoms with van der Waals surface area (Å²) in [7, 11) is -2.86. The smallest absolute Gasteiger partial charge is 0.150 e. The highest BCUT2D eigenvalue weighted by Gasteiger charge is 2.29. The van der Waals surface area contributed by atoms with Gasteiger partial charge >= 0.3 is 0 Å². The second kappa shape index (κ2) is 8.16. The summed E-state index contributed by atoms with van der Waals surface area (Å²) >= 11 is 0. The molecule has 0 aromatic carbocycles. The standard InChI is InChI=1S/C14H31NO2S/c1-6-9-15-12-14(5,13(3)4)8-11-18(16,17)10-7-2/h13,15H,6-12H2,1-5H3. The number of hydrogen-bond acceptors (Lipinski definition) is 3. The summed E-state index contributed by atoms with van der Waals surface area (Å²) in [6.07, 6.45) is 2.58. The van der Waals surface area contributed by atoms with Crippen LogP contribution in [0.5, 0.6) is 0 Å². The van der Waals surface area contributed by atoms with Crippen molar-refractivity contribution in [3.05, 3.63) is 0 Å². The Hall–Kier alpha value is -0.0900. The summed E-state index contributed by atoms with van der Waals surface area (Å²) in [5, 5.41) is 3.43. The predicted octanol–water partition coefficient (Wildman–Crippen LogP) is 2.86. The van der Waals surface area contributed by atoms with Gasteiger partial charge in [-0.15, -0.1) is 0 Å². The average Bonchev–Trinajstić information content (AvgIpc) is 2.27. The zero-order valence-corrected chi connectivity index (χ0v) is 13.6. The van der Waals surface area contributed by atoms with Crippen molar-refractivity contribution in [1.82, 2.24) is 5.32 Å². The predicted molar refractivity (Wildman–Crippen MR) is 79.7 cm³/mol. The van der Waals surface area contributed by atoms with E-state index in [1.165, 1.54) is 0 Å². The van der Waals surface area contributed by atoms with Gasteiger partial charge in [-0.1, -0.05) is 34.6 Å². The van der Waals surface area contributed by atoms with E-state index in [2.05, 4.69) is 33.0 Å². The van der Waals surface area contributed by atoms with Crippen LogP contribution in [0.2, 0.25) is 0 Å². The molecule has 1 N–H and O–H groups in total. The van der Waals surface area contributed by atoms with E-state index >= 15 is 0 Å². The van der Waals surface area contributed by atoms with E-state index in [0.717, 1.165) is 32.4 Å². The number of hydrogen-bond donors (Lipinski definition) is 1. The molecule has 0 saturated carbocycles. The van der Waals surface area contributed by atoms with Crippen molar-refractivity contribution >= 4 is 9.84 Å². The van der Waals surface area contributed by atoms with Gasteiger partial charge in [0.2, 0.25) is 0 Å². The first kappa shape index (κ1) is 17.9. The van der Waals surface area contributed by atoms with Crippen LogP contribution in [-0.2, 0) is 9.84 Å². The second-order valence-electron chi connectivity index (χ2n) is 5.89. The lowest BCUT2D eigenvalue weighted by Gasteiger charge is -2.34. The van der Waals surface area contributed by atoms with E-state index in [-0.39, 0.29) is 5.41 Å². The van der Waals surface area contributed by atoms with Crippen LogP contribution in [0.3, 0.4) is 0 Å². The molecule has 0 aromatic rings. The molecule has 3 nitrogen and oxygen atoms in total. The molecule has 0 aromatic heterocycles. The van der Waals surface area contributed by atoms with Crippen LogP contribution in [0, 0.1) is 11.3 Å². The lowest BCUT2D eigenvalue weighted by Crippen LogP contribution is -2.38. The van der Waals surface area contributed by atoms with Crippen molar-refractivity contribution in [2.45, 2.75) is 53.9 Å². The maximum absolute atomic E-state index is 11.8. The minimum Gasteiger partial charge on any atom is -0.316 e. The van der Waals surface area contributed by atoms with Crippen LogP contribution in [0.15, 0.2) is 0 Å². The zero-order chi connectivity index (χ0) is 14.2. The van der Waals surface area contributed by atoms with E-state index in [1.54, 1.807) is 0 Å². The van der Waals surface area contributed by atoms with Gasteiger partial charge in [0.15, 0.2) is 0 Å². The largest absolute Gasteiger partial charge is 0.316 e. The topological polar surface area (TPSA) is 46.2 Å². The van der Waals surface area contributed by atoms with Crippen LogP contribution < -0.4 is 5.32 Å². The zero-order valence-electron chi connectivity index (χ0n) is 12.8. The fraction of sp³-hybridized carbons (Fsp3) is 1.00. The summed E-state index contributed by atoms with van der Waals surface area (Å²) in [6.45, 7) is 12.5. The van der Waals surface area contributed by atoms with Crippen LogP contribution in [-0.4, -0.2) is 33.0 Å². The van der Waals surface area contributed by atoms with Crippen molar-refractivity contribution in [3.63, 3.8) is 0 Å². The van der Waals surface area contributed by atoms with E-state index in [9.17, 15) is 8.42 Å². The second-order valence-corrected chi connectivity index (χ2v) is 8.19. The molecule has 0 aliphatic heterocycles. The SMILES string of the molecule is CCCNCC(C)(CCS(=O)(=O)CCC)C(C)C. The van der Waals surface area contributed by atoms with Gasteiger partial charge in [-0.2, -0.15) is 0 Å². The Kier molecular flexibility index (Phi) is 8.11. The molecule has 0 amide bonds. The first-order valence-corrected chi connectivity index (χ1v) is 9.00. The van der Waals surface area contributed by atoms with Gasteiger partial charge < -0.3 is 5.32 Å². The van der Waals surface area contributed by atoms with Gasteiger partial charge in [-0.25, -0.2) is 8.42 Å². The van der Waals surface area contributed by atoms with Gasteiger partial charge in [-0.3, -0.25) is 0 Å². The lowest BCUT2D eigenvalue weighted by molar-refractivity contribution is 0.201. The van der Waals surface area contributed by atoms with Crippen molar-refractivity contribution in [2.75, 3.05) is 24.6 Å². The highest BCUT2D eigenvalue weighted by molar-refractivity contribution is 7.91. The van der Waals surface area contributed by atoms with E-state index in [4.69, 9.17) is 0 Å². The van der Waals surface area contributed by atoms with Crippen LogP contribution in [0.1, 0.15) is 53.9 Å². The minimum atomic E-state index is -2.86. The molecule has 0 bridgehead atoms. The molecule has 18 heavy (non-hydrogen) atoms. The third-order valence-electron chi connectivity index (χ3n) is 3.85. The molecule has 0 fully saturated rings. The molecule has 4 heteroatoms. The number of sulfone groups is 1. The van der Waals surface area contributed by atoms with E-state index in [0.29, 0.717) is 17.4 Å². The van der Waals surface area contributed by atoms with Gasteiger partial charge in [0.1, 0.15) is 9.84 Å². The van der Waals surface area contributed by atoms with Crippen molar-refractivity contribution < 1.29 is 8.42 Å². The Balaban J connectivity index is 4.43. The Morgan fingerprint density at radius 1 is 1.11 bits per heavy atom. The Morgan fingerprint density at radius 2 is 1.72 bits per heavy atom. The third kappa shape index (κ3) is 6.74. The molecule has 0 radical (unpaired) electrons. The van der Waals surface area contributed by atoms with Crippen LogP contribution in [0.25, 0.3) is 0 Å². The fourth-order valence-electron chi connectivity index (χ4n) is 1.93. The molecular weight excluding hydrogens is 246 g/mol. The quantitative estimate of drug-likeness (QED) is 0.625. The van der Waals surface area contributed by atoms with Gasteiger partial charge in [0, 0.05) is 12.3 Å².